The Balaban J connectivity index is 2.32. The van der Waals surface area contributed by atoms with Crippen LogP contribution in [-0.2, 0) is 50.9 Å². The average molecular weight is 592 g/mol. The van der Waals surface area contributed by atoms with Crippen LogP contribution in [0.4, 0.5) is 4.79 Å². The molecule has 0 spiro atoms. The Morgan fingerprint density at radius 2 is 1.24 bits per heavy atom. The first-order valence-corrected chi connectivity index (χ1v) is 15.3. The summed E-state index contributed by atoms with van der Waals surface area (Å²) in [6.45, 7) is 4.53. The number of carbonyl (C=O) groups excluding carboxylic acids is 4. The van der Waals surface area contributed by atoms with Gasteiger partial charge in [0.15, 0.2) is 5.92 Å². The van der Waals surface area contributed by atoms with Gasteiger partial charge in [0.25, 0.3) is 0 Å². The van der Waals surface area contributed by atoms with E-state index in [1.807, 2.05) is 6.07 Å². The van der Waals surface area contributed by atoms with Gasteiger partial charge < -0.3 is 29.2 Å². The lowest BCUT2D eigenvalue weighted by molar-refractivity contribution is -0.163. The highest BCUT2D eigenvalue weighted by Gasteiger charge is 2.42. The zero-order valence-electron chi connectivity index (χ0n) is 23.5. The van der Waals surface area contributed by atoms with E-state index < -0.39 is 61.6 Å². The number of hydrogen-bond donors (Lipinski definition) is 2. The molecule has 3 unspecified atom stereocenters. The minimum absolute atomic E-state index is 0.0224. The quantitative estimate of drug-likeness (QED) is 0.126. The normalized spacial score (nSPS) is 13.8. The number of rotatable bonds is 16. The minimum atomic E-state index is -4.42. The summed E-state index contributed by atoms with van der Waals surface area (Å²) in [7, 11) is -4.42. The first kappa shape index (κ1) is 33.5. The van der Waals surface area contributed by atoms with Gasteiger partial charge in [-0.15, -0.1) is 0 Å². The Kier molecular flexibility index (Phi) is 14.1. The SMILES string of the molecule is CCOC(=O)C(CC(C(=O)OCC)C(=O)OCC)CP(=O)(O)C(Cc1ccccc1)NC(=O)OCc1ccccc1. The van der Waals surface area contributed by atoms with E-state index in [9.17, 15) is 28.6 Å². The molecule has 11 nitrogen and oxygen atoms in total. The highest BCUT2D eigenvalue weighted by atomic mass is 31.2. The molecule has 3 atom stereocenters. The van der Waals surface area contributed by atoms with Crippen molar-refractivity contribution in [1.29, 1.82) is 0 Å². The summed E-state index contributed by atoms with van der Waals surface area (Å²) in [6.07, 6.45) is -2.13. The second-order valence-electron chi connectivity index (χ2n) is 9.09. The molecule has 0 heterocycles. The van der Waals surface area contributed by atoms with Crippen LogP contribution in [0.25, 0.3) is 0 Å². The van der Waals surface area contributed by atoms with Crippen molar-refractivity contribution in [3.05, 3.63) is 71.8 Å². The molecule has 0 aliphatic rings. The van der Waals surface area contributed by atoms with Gasteiger partial charge in [0.05, 0.1) is 25.7 Å². The molecule has 0 saturated carbocycles. The first-order chi connectivity index (χ1) is 19.6. The maximum absolute atomic E-state index is 13.9. The molecule has 2 aromatic rings. The van der Waals surface area contributed by atoms with Crippen molar-refractivity contribution in [2.75, 3.05) is 26.0 Å². The number of amides is 1. The van der Waals surface area contributed by atoms with Crippen LogP contribution in [0.15, 0.2) is 60.7 Å². The average Bonchev–Trinajstić information content (AvgIpc) is 2.95. The molecule has 0 saturated heterocycles. The highest BCUT2D eigenvalue weighted by molar-refractivity contribution is 7.58. The molecular weight excluding hydrogens is 553 g/mol. The second-order valence-corrected chi connectivity index (χ2v) is 11.6. The van der Waals surface area contributed by atoms with E-state index in [1.165, 1.54) is 0 Å². The molecule has 224 valence electrons. The molecule has 41 heavy (non-hydrogen) atoms. The molecule has 0 aliphatic carbocycles. The number of alkyl carbamates (subject to hydrolysis) is 1. The Labute approximate surface area is 240 Å². The van der Waals surface area contributed by atoms with Crippen molar-refractivity contribution in [2.24, 2.45) is 11.8 Å². The molecule has 0 aromatic heterocycles. The van der Waals surface area contributed by atoms with Gasteiger partial charge in [-0.1, -0.05) is 60.7 Å². The fraction of sp³-hybridized carbons (Fsp3) is 0.448. The predicted octanol–water partition coefficient (Wildman–Crippen LogP) is 4.06. The van der Waals surface area contributed by atoms with Gasteiger partial charge >= 0.3 is 24.0 Å². The topological polar surface area (TPSA) is 155 Å². The predicted molar refractivity (Wildman–Crippen MR) is 150 cm³/mol. The first-order valence-electron chi connectivity index (χ1n) is 13.4. The maximum Gasteiger partial charge on any atom is 0.408 e. The Morgan fingerprint density at radius 1 is 0.756 bits per heavy atom. The fourth-order valence-electron chi connectivity index (χ4n) is 4.04. The number of nitrogens with one attached hydrogen (secondary N) is 1. The van der Waals surface area contributed by atoms with E-state index in [0.717, 1.165) is 5.56 Å². The lowest BCUT2D eigenvalue weighted by Gasteiger charge is -2.28. The Bertz CT molecular complexity index is 1160. The summed E-state index contributed by atoms with van der Waals surface area (Å²) >= 11 is 0. The third kappa shape index (κ3) is 11.4. The molecule has 12 heteroatoms. The summed E-state index contributed by atoms with van der Waals surface area (Å²) in [5.74, 6) is -6.93. The summed E-state index contributed by atoms with van der Waals surface area (Å²) < 4.78 is 34.2. The lowest BCUT2D eigenvalue weighted by Crippen LogP contribution is -2.39. The fourth-order valence-corrected chi connectivity index (χ4v) is 6.03. The number of ether oxygens (including phenoxy) is 4. The second kappa shape index (κ2) is 17.2. The van der Waals surface area contributed by atoms with E-state index in [4.69, 9.17) is 18.9 Å². The number of hydrogen-bond acceptors (Lipinski definition) is 9. The zero-order valence-corrected chi connectivity index (χ0v) is 24.4. The smallest absolute Gasteiger partial charge is 0.408 e. The van der Waals surface area contributed by atoms with Gasteiger partial charge in [-0.05, 0) is 38.3 Å². The van der Waals surface area contributed by atoms with Crippen LogP contribution in [0.3, 0.4) is 0 Å². The molecule has 1 amide bonds. The van der Waals surface area contributed by atoms with Crippen LogP contribution in [-0.4, -0.2) is 60.7 Å². The van der Waals surface area contributed by atoms with Crippen molar-refractivity contribution < 1.29 is 47.6 Å². The highest BCUT2D eigenvalue weighted by Crippen LogP contribution is 2.49. The largest absolute Gasteiger partial charge is 0.466 e. The zero-order chi connectivity index (χ0) is 30.3. The maximum atomic E-state index is 13.9. The monoisotopic (exact) mass is 591 g/mol. The van der Waals surface area contributed by atoms with E-state index in [-0.39, 0.29) is 32.8 Å². The van der Waals surface area contributed by atoms with Crippen LogP contribution in [0.1, 0.15) is 38.3 Å². The van der Waals surface area contributed by atoms with Gasteiger partial charge in [0, 0.05) is 12.6 Å². The summed E-state index contributed by atoms with van der Waals surface area (Å²) in [5.41, 5.74) is 1.37. The molecule has 0 radical (unpaired) electrons. The van der Waals surface area contributed by atoms with Crippen LogP contribution in [0.5, 0.6) is 0 Å². The summed E-state index contributed by atoms with van der Waals surface area (Å²) in [6, 6.07) is 17.6. The van der Waals surface area contributed by atoms with Crippen molar-refractivity contribution in [2.45, 2.75) is 46.0 Å². The van der Waals surface area contributed by atoms with Crippen molar-refractivity contribution in [3.8, 4) is 0 Å². The van der Waals surface area contributed by atoms with Gasteiger partial charge in [0.2, 0.25) is 7.37 Å². The molecule has 0 bridgehead atoms. The van der Waals surface area contributed by atoms with Crippen LogP contribution < -0.4 is 5.32 Å². The van der Waals surface area contributed by atoms with Gasteiger partial charge in [0.1, 0.15) is 12.4 Å². The van der Waals surface area contributed by atoms with E-state index in [0.29, 0.717) is 5.56 Å². The van der Waals surface area contributed by atoms with Crippen molar-refractivity contribution in [1.82, 2.24) is 5.32 Å². The summed E-state index contributed by atoms with van der Waals surface area (Å²) in [4.78, 5) is 62.1. The lowest BCUT2D eigenvalue weighted by atomic mass is 9.95. The van der Waals surface area contributed by atoms with Gasteiger partial charge in [-0.2, -0.15) is 0 Å². The molecule has 2 aromatic carbocycles. The van der Waals surface area contributed by atoms with Crippen molar-refractivity contribution >= 4 is 31.4 Å². The van der Waals surface area contributed by atoms with Crippen LogP contribution >= 0.6 is 7.37 Å². The Hall–Kier alpha value is -3.69. The van der Waals surface area contributed by atoms with E-state index in [1.54, 1.807) is 75.4 Å². The standard InChI is InChI=1S/C29H38NO10P/c1-4-37-26(31)23(18-24(27(32)38-5-2)28(33)39-6-3)20-41(35,36)25(17-21-13-9-7-10-14-21)30-29(34)40-19-22-15-11-8-12-16-22/h7-16,23-25H,4-6,17-20H2,1-3H3,(H,30,34)(H,35,36). The number of benzene rings is 2. The van der Waals surface area contributed by atoms with Gasteiger partial charge in [-0.25, -0.2) is 4.79 Å². The Morgan fingerprint density at radius 3 is 1.76 bits per heavy atom. The van der Waals surface area contributed by atoms with E-state index in [2.05, 4.69) is 5.32 Å². The molecule has 2 rings (SSSR count). The van der Waals surface area contributed by atoms with Crippen LogP contribution in [0, 0.1) is 11.8 Å². The third-order valence-corrected chi connectivity index (χ3v) is 8.27. The molecule has 2 N–H and O–H groups in total. The van der Waals surface area contributed by atoms with Crippen molar-refractivity contribution in [3.63, 3.8) is 0 Å². The molecule has 0 aliphatic heterocycles. The molecule has 0 fully saturated rings. The van der Waals surface area contributed by atoms with Gasteiger partial charge in [-0.3, -0.25) is 18.9 Å². The number of esters is 3. The van der Waals surface area contributed by atoms with E-state index >= 15 is 0 Å². The number of carbonyl (C=O) groups is 4. The molecular formula is C29H38NO10P. The third-order valence-electron chi connectivity index (χ3n) is 6.02. The summed E-state index contributed by atoms with van der Waals surface area (Å²) in [5, 5.41) is 2.48. The minimum Gasteiger partial charge on any atom is -0.466 e. The van der Waals surface area contributed by atoms with Crippen LogP contribution in [0.2, 0.25) is 0 Å².